The van der Waals surface area contributed by atoms with Gasteiger partial charge in [0.15, 0.2) is 11.0 Å². The van der Waals surface area contributed by atoms with E-state index < -0.39 is 0 Å². The zero-order valence-corrected chi connectivity index (χ0v) is 15.5. The maximum Gasteiger partial charge on any atom is 0.239 e. The first-order valence-corrected chi connectivity index (χ1v) is 8.95. The first-order valence-electron chi connectivity index (χ1n) is 8.07. The SMILES string of the molecule is Cc1cccc(-n2ccnc2SC(C)c2nc(C(C)C)no2)c1C. The van der Waals surface area contributed by atoms with Crippen LogP contribution in [0.3, 0.4) is 0 Å². The second-order valence-corrected chi connectivity index (χ2v) is 7.51. The number of aryl methyl sites for hydroxylation is 1. The molecular formula is C18H22N4OS. The van der Waals surface area contributed by atoms with Crippen molar-refractivity contribution in [3.05, 3.63) is 53.4 Å². The van der Waals surface area contributed by atoms with Crippen molar-refractivity contribution in [1.29, 1.82) is 0 Å². The summed E-state index contributed by atoms with van der Waals surface area (Å²) in [6.45, 7) is 10.4. The summed E-state index contributed by atoms with van der Waals surface area (Å²) in [4.78, 5) is 9.00. The minimum Gasteiger partial charge on any atom is -0.338 e. The molecule has 1 atom stereocenters. The molecule has 0 aliphatic carbocycles. The van der Waals surface area contributed by atoms with Crippen LogP contribution in [-0.2, 0) is 0 Å². The average Bonchev–Trinajstić information content (AvgIpc) is 3.19. The van der Waals surface area contributed by atoms with Crippen LogP contribution in [0.15, 0.2) is 40.3 Å². The van der Waals surface area contributed by atoms with Crippen molar-refractivity contribution in [2.45, 2.75) is 50.9 Å². The van der Waals surface area contributed by atoms with Crippen LogP contribution >= 0.6 is 11.8 Å². The second-order valence-electron chi connectivity index (χ2n) is 6.20. The standard InChI is InChI=1S/C18H22N4OS/c1-11(2)16-20-17(23-21-16)14(5)24-18-19-9-10-22(18)15-8-6-7-12(3)13(15)4/h6-11,14H,1-5H3. The molecular weight excluding hydrogens is 320 g/mol. The third-order valence-corrected chi connectivity index (χ3v) is 5.11. The molecule has 6 heteroatoms. The fourth-order valence-corrected chi connectivity index (χ4v) is 3.32. The summed E-state index contributed by atoms with van der Waals surface area (Å²) in [6.07, 6.45) is 3.81. The molecule has 0 saturated heterocycles. The summed E-state index contributed by atoms with van der Waals surface area (Å²) in [5.74, 6) is 1.64. The maximum atomic E-state index is 5.41. The van der Waals surface area contributed by atoms with Crippen molar-refractivity contribution >= 4 is 11.8 Å². The predicted molar refractivity (Wildman–Crippen MR) is 95.7 cm³/mol. The number of benzene rings is 1. The van der Waals surface area contributed by atoms with Crippen molar-refractivity contribution < 1.29 is 4.52 Å². The van der Waals surface area contributed by atoms with Gasteiger partial charge in [0.05, 0.1) is 10.9 Å². The summed E-state index contributed by atoms with van der Waals surface area (Å²) >= 11 is 1.62. The van der Waals surface area contributed by atoms with E-state index in [1.165, 1.54) is 11.1 Å². The monoisotopic (exact) mass is 342 g/mol. The molecule has 24 heavy (non-hydrogen) atoms. The molecule has 0 bridgehead atoms. The lowest BCUT2D eigenvalue weighted by molar-refractivity contribution is 0.373. The van der Waals surface area contributed by atoms with Crippen LogP contribution in [0.2, 0.25) is 0 Å². The predicted octanol–water partition coefficient (Wildman–Crippen LogP) is 4.85. The van der Waals surface area contributed by atoms with Crippen LogP contribution in [0.5, 0.6) is 0 Å². The van der Waals surface area contributed by atoms with Gasteiger partial charge < -0.3 is 4.52 Å². The number of hydrogen-bond donors (Lipinski definition) is 0. The van der Waals surface area contributed by atoms with Gasteiger partial charge in [-0.25, -0.2) is 4.98 Å². The summed E-state index contributed by atoms with van der Waals surface area (Å²) in [5.41, 5.74) is 3.67. The topological polar surface area (TPSA) is 56.7 Å². The summed E-state index contributed by atoms with van der Waals surface area (Å²) in [6, 6.07) is 6.31. The van der Waals surface area contributed by atoms with Crippen LogP contribution in [0, 0.1) is 13.8 Å². The molecule has 2 aromatic heterocycles. The molecule has 2 heterocycles. The Bertz CT molecular complexity index is 837. The van der Waals surface area contributed by atoms with Gasteiger partial charge in [-0.2, -0.15) is 4.98 Å². The molecule has 0 aliphatic rings. The van der Waals surface area contributed by atoms with Crippen LogP contribution in [0.1, 0.15) is 54.8 Å². The van der Waals surface area contributed by atoms with Crippen molar-refractivity contribution in [3.63, 3.8) is 0 Å². The Hall–Kier alpha value is -2.08. The zero-order chi connectivity index (χ0) is 17.3. The van der Waals surface area contributed by atoms with E-state index in [1.807, 2.05) is 12.4 Å². The molecule has 0 fully saturated rings. The molecule has 3 rings (SSSR count). The van der Waals surface area contributed by atoms with E-state index >= 15 is 0 Å². The maximum absolute atomic E-state index is 5.41. The van der Waals surface area contributed by atoms with E-state index in [9.17, 15) is 0 Å². The largest absolute Gasteiger partial charge is 0.338 e. The minimum absolute atomic E-state index is 0.0382. The van der Waals surface area contributed by atoms with Gasteiger partial charge in [-0.15, -0.1) is 0 Å². The summed E-state index contributed by atoms with van der Waals surface area (Å²) < 4.78 is 7.52. The first kappa shape index (κ1) is 16.8. The van der Waals surface area contributed by atoms with Crippen LogP contribution < -0.4 is 0 Å². The van der Waals surface area contributed by atoms with Gasteiger partial charge in [-0.3, -0.25) is 4.57 Å². The molecule has 126 valence electrons. The van der Waals surface area contributed by atoms with E-state index in [4.69, 9.17) is 4.52 Å². The fourth-order valence-electron chi connectivity index (χ4n) is 2.41. The Balaban J connectivity index is 1.86. The van der Waals surface area contributed by atoms with Gasteiger partial charge >= 0.3 is 0 Å². The number of hydrogen-bond acceptors (Lipinski definition) is 5. The van der Waals surface area contributed by atoms with Gasteiger partial charge in [0.25, 0.3) is 0 Å². The average molecular weight is 342 g/mol. The minimum atomic E-state index is 0.0382. The summed E-state index contributed by atoms with van der Waals surface area (Å²) in [7, 11) is 0. The molecule has 0 amide bonds. The van der Waals surface area contributed by atoms with E-state index in [0.29, 0.717) is 5.89 Å². The molecule has 0 spiro atoms. The lowest BCUT2D eigenvalue weighted by Gasteiger charge is -2.13. The van der Waals surface area contributed by atoms with Crippen molar-refractivity contribution in [3.8, 4) is 5.69 Å². The van der Waals surface area contributed by atoms with Gasteiger partial charge in [0.1, 0.15) is 0 Å². The zero-order valence-electron chi connectivity index (χ0n) is 14.6. The third kappa shape index (κ3) is 3.24. The molecule has 0 aliphatic heterocycles. The second kappa shape index (κ2) is 6.81. The number of nitrogens with zero attached hydrogens (tertiary/aromatic N) is 4. The quantitative estimate of drug-likeness (QED) is 0.620. The van der Waals surface area contributed by atoms with E-state index in [1.54, 1.807) is 11.8 Å². The normalized spacial score (nSPS) is 12.8. The highest BCUT2D eigenvalue weighted by molar-refractivity contribution is 7.99. The van der Waals surface area contributed by atoms with Crippen LogP contribution in [-0.4, -0.2) is 19.7 Å². The fraction of sp³-hybridized carbons (Fsp3) is 0.389. The van der Waals surface area contributed by atoms with Crippen LogP contribution in [0.4, 0.5) is 0 Å². The first-order chi connectivity index (χ1) is 11.5. The smallest absolute Gasteiger partial charge is 0.239 e. The van der Waals surface area contributed by atoms with Gasteiger partial charge in [0, 0.05) is 18.3 Å². The Morgan fingerprint density at radius 3 is 2.67 bits per heavy atom. The lowest BCUT2D eigenvalue weighted by atomic mass is 10.1. The Morgan fingerprint density at radius 2 is 1.96 bits per heavy atom. The highest BCUT2D eigenvalue weighted by Crippen LogP contribution is 2.35. The molecule has 0 N–H and O–H groups in total. The van der Waals surface area contributed by atoms with Crippen molar-refractivity contribution in [2.75, 3.05) is 0 Å². The molecule has 1 aromatic carbocycles. The van der Waals surface area contributed by atoms with Crippen molar-refractivity contribution in [2.24, 2.45) is 0 Å². The van der Waals surface area contributed by atoms with E-state index in [-0.39, 0.29) is 11.2 Å². The highest BCUT2D eigenvalue weighted by atomic mass is 32.2. The number of thioether (sulfide) groups is 1. The molecule has 0 saturated carbocycles. The number of rotatable bonds is 5. The number of imidazole rings is 1. The van der Waals surface area contributed by atoms with Crippen molar-refractivity contribution in [1.82, 2.24) is 19.7 Å². The Labute approximate surface area is 146 Å². The number of aromatic nitrogens is 4. The summed E-state index contributed by atoms with van der Waals surface area (Å²) in [5, 5.41) is 5.00. The Kier molecular flexibility index (Phi) is 4.76. The molecule has 3 aromatic rings. The third-order valence-electron chi connectivity index (χ3n) is 4.05. The van der Waals surface area contributed by atoms with Gasteiger partial charge in [-0.05, 0) is 38.0 Å². The van der Waals surface area contributed by atoms with E-state index in [0.717, 1.165) is 16.7 Å². The highest BCUT2D eigenvalue weighted by Gasteiger charge is 2.20. The molecule has 0 radical (unpaired) electrons. The van der Waals surface area contributed by atoms with Gasteiger partial charge in [0.2, 0.25) is 5.89 Å². The van der Waals surface area contributed by atoms with Crippen LogP contribution in [0.25, 0.3) is 5.69 Å². The molecule has 1 unspecified atom stereocenters. The Morgan fingerprint density at radius 1 is 1.17 bits per heavy atom. The lowest BCUT2D eigenvalue weighted by Crippen LogP contribution is -2.01. The van der Waals surface area contributed by atoms with Gasteiger partial charge in [-0.1, -0.05) is 42.9 Å². The molecule has 5 nitrogen and oxygen atoms in total. The van der Waals surface area contributed by atoms with E-state index in [2.05, 4.69) is 72.5 Å².